The van der Waals surface area contributed by atoms with E-state index in [0.29, 0.717) is 21.8 Å². The van der Waals surface area contributed by atoms with Gasteiger partial charge in [-0.3, -0.25) is 4.79 Å². The minimum Gasteiger partial charge on any atom is -0.332 e. The van der Waals surface area contributed by atoms with Crippen LogP contribution in [0, 0.1) is 0 Å². The van der Waals surface area contributed by atoms with Crippen molar-refractivity contribution in [3.8, 4) is 11.1 Å². The summed E-state index contributed by atoms with van der Waals surface area (Å²) in [6.45, 7) is 0.178. The first kappa shape index (κ1) is 26.9. The van der Waals surface area contributed by atoms with E-state index in [0.717, 1.165) is 16.5 Å². The van der Waals surface area contributed by atoms with Gasteiger partial charge in [-0.1, -0.05) is 60.1 Å². The first-order chi connectivity index (χ1) is 16.0. The van der Waals surface area contributed by atoms with Gasteiger partial charge in [0.1, 0.15) is 0 Å². The van der Waals surface area contributed by atoms with Crippen LogP contribution in [0.3, 0.4) is 0 Å². The van der Waals surface area contributed by atoms with E-state index in [-0.39, 0.29) is 30.5 Å². The van der Waals surface area contributed by atoms with Crippen LogP contribution < -0.4 is 21.5 Å². The normalized spacial score (nSPS) is 10.0. The van der Waals surface area contributed by atoms with E-state index in [1.54, 1.807) is 29.8 Å². The van der Waals surface area contributed by atoms with Crippen LogP contribution >= 0.6 is 24.0 Å². The van der Waals surface area contributed by atoms with E-state index >= 15 is 0 Å². The molecule has 0 aliphatic carbocycles. The number of aromatic nitrogens is 1. The maximum absolute atomic E-state index is 13.0. The van der Waals surface area contributed by atoms with E-state index in [9.17, 15) is 9.59 Å². The Morgan fingerprint density at radius 3 is 2.12 bits per heavy atom. The lowest BCUT2D eigenvalue weighted by Crippen LogP contribution is -2.32. The lowest BCUT2D eigenvalue weighted by atomic mass is 9.96. The number of pyridine rings is 1. The summed E-state index contributed by atoms with van der Waals surface area (Å²) < 4.78 is 1.58. The summed E-state index contributed by atoms with van der Waals surface area (Å²) in [5, 5.41) is 10.3. The highest BCUT2D eigenvalue weighted by molar-refractivity contribution is 6.31. The second kappa shape index (κ2) is 12.8. The van der Waals surface area contributed by atoms with Gasteiger partial charge >= 0.3 is 6.03 Å². The molecule has 4 rings (SSSR count). The van der Waals surface area contributed by atoms with Crippen molar-refractivity contribution in [1.82, 2.24) is 15.2 Å². The fraction of sp³-hybridized carbons (Fsp3) is 0.154. The molecule has 0 aliphatic heterocycles. The molecule has 0 spiro atoms. The average Bonchev–Trinajstić information content (AvgIpc) is 2.82. The molecule has 0 saturated carbocycles. The number of fused-ring (bicyclic) bond motifs is 1. The van der Waals surface area contributed by atoms with Gasteiger partial charge in [-0.05, 0) is 55.4 Å². The zero-order valence-corrected chi connectivity index (χ0v) is 20.8. The maximum Gasteiger partial charge on any atom is 0.319 e. The van der Waals surface area contributed by atoms with Gasteiger partial charge in [0.15, 0.2) is 0 Å². The van der Waals surface area contributed by atoms with Crippen LogP contribution in [0.4, 0.5) is 10.5 Å². The number of hydrogen-bond donors (Lipinski definition) is 3. The molecular weight excluding hydrogens is 471 g/mol. The van der Waals surface area contributed by atoms with Gasteiger partial charge in [0.25, 0.3) is 5.56 Å². The summed E-state index contributed by atoms with van der Waals surface area (Å²) in [7, 11) is 5.47. The molecule has 2 amide bonds. The molecule has 0 atom stereocenters. The molecule has 1 heterocycles. The Bertz CT molecular complexity index is 1290. The van der Waals surface area contributed by atoms with Crippen molar-refractivity contribution in [1.29, 1.82) is 0 Å². The molecule has 3 aromatic carbocycles. The van der Waals surface area contributed by atoms with Crippen LogP contribution in [0.2, 0.25) is 5.02 Å². The van der Waals surface area contributed by atoms with Crippen molar-refractivity contribution < 1.29 is 4.79 Å². The number of amides is 2. The summed E-state index contributed by atoms with van der Waals surface area (Å²) in [6, 6.07) is 23.9. The van der Waals surface area contributed by atoms with E-state index in [4.69, 9.17) is 11.6 Å². The van der Waals surface area contributed by atoms with E-state index in [1.165, 1.54) is 0 Å². The molecule has 3 N–H and O–H groups in total. The van der Waals surface area contributed by atoms with Crippen molar-refractivity contribution in [2.45, 2.75) is 6.54 Å². The molecule has 0 aliphatic rings. The minimum atomic E-state index is -0.348. The Morgan fingerprint density at radius 1 is 0.912 bits per heavy atom. The molecule has 0 fully saturated rings. The van der Waals surface area contributed by atoms with Crippen molar-refractivity contribution in [3.63, 3.8) is 0 Å². The molecule has 0 saturated heterocycles. The maximum atomic E-state index is 13.0. The van der Waals surface area contributed by atoms with E-state index < -0.39 is 0 Å². The summed E-state index contributed by atoms with van der Waals surface area (Å²) in [5.41, 5.74) is 3.07. The number of carbonyl (C=O) groups is 1. The third-order valence-corrected chi connectivity index (χ3v) is 5.23. The Labute approximate surface area is 210 Å². The van der Waals surface area contributed by atoms with Crippen molar-refractivity contribution in [2.24, 2.45) is 7.05 Å². The largest absolute Gasteiger partial charge is 0.332 e. The molecule has 0 radical (unpaired) electrons. The number of carbonyl (C=O) groups excluding carboxylic acids is 1. The van der Waals surface area contributed by atoms with Crippen LogP contribution in [0.15, 0.2) is 83.7 Å². The van der Waals surface area contributed by atoms with Gasteiger partial charge < -0.3 is 20.5 Å². The number of benzene rings is 3. The number of urea groups is 1. The molecule has 178 valence electrons. The predicted molar refractivity (Wildman–Crippen MR) is 144 cm³/mol. The highest BCUT2D eigenvalue weighted by Crippen LogP contribution is 2.32. The van der Waals surface area contributed by atoms with E-state index in [1.807, 2.05) is 74.8 Å². The zero-order chi connectivity index (χ0) is 23.8. The highest BCUT2D eigenvalue weighted by Gasteiger charge is 2.17. The summed E-state index contributed by atoms with van der Waals surface area (Å²) in [5.74, 6) is 0. The molecular formula is C26H28Cl2N4O2. The average molecular weight is 499 g/mol. The molecule has 8 heteroatoms. The number of anilines is 1. The second-order valence-electron chi connectivity index (χ2n) is 7.42. The van der Waals surface area contributed by atoms with Gasteiger partial charge in [-0.15, -0.1) is 12.4 Å². The van der Waals surface area contributed by atoms with Gasteiger partial charge in [-0.2, -0.15) is 0 Å². The fourth-order valence-corrected chi connectivity index (χ4v) is 3.70. The number of halogens is 2. The summed E-state index contributed by atoms with van der Waals surface area (Å²) in [4.78, 5) is 25.4. The quantitative estimate of drug-likeness (QED) is 0.350. The smallest absolute Gasteiger partial charge is 0.319 e. The van der Waals surface area contributed by atoms with Crippen molar-refractivity contribution in [3.05, 3.63) is 99.9 Å². The Balaban J connectivity index is 0.000000970. The van der Waals surface area contributed by atoms with Gasteiger partial charge in [0, 0.05) is 34.4 Å². The van der Waals surface area contributed by atoms with Crippen LogP contribution in [0.25, 0.3) is 21.9 Å². The van der Waals surface area contributed by atoms with Crippen LogP contribution in [-0.4, -0.2) is 24.7 Å². The van der Waals surface area contributed by atoms with Gasteiger partial charge in [0.2, 0.25) is 0 Å². The predicted octanol–water partition coefficient (Wildman–Crippen LogP) is 5.44. The highest BCUT2D eigenvalue weighted by atomic mass is 35.5. The molecule has 0 bridgehead atoms. The van der Waals surface area contributed by atoms with Crippen molar-refractivity contribution in [2.75, 3.05) is 19.4 Å². The zero-order valence-electron chi connectivity index (χ0n) is 19.3. The van der Waals surface area contributed by atoms with Crippen molar-refractivity contribution >= 4 is 46.5 Å². The third kappa shape index (κ3) is 6.38. The lowest BCUT2D eigenvalue weighted by Gasteiger charge is -2.18. The van der Waals surface area contributed by atoms with Gasteiger partial charge in [0.05, 0.1) is 6.54 Å². The fourth-order valence-electron chi connectivity index (χ4n) is 3.53. The molecule has 1 aromatic heterocycles. The Kier molecular flexibility index (Phi) is 10.1. The number of nitrogens with zero attached hydrogens (tertiary/aromatic N) is 1. The topological polar surface area (TPSA) is 75.2 Å². The second-order valence-corrected chi connectivity index (χ2v) is 7.85. The monoisotopic (exact) mass is 498 g/mol. The molecule has 4 aromatic rings. The number of nitrogens with one attached hydrogen (secondary N) is 3. The van der Waals surface area contributed by atoms with Crippen LogP contribution in [-0.2, 0) is 13.6 Å². The molecule has 0 unspecified atom stereocenters. The SMILES string of the molecule is CNC.Cl.Cn1c(CNC(=O)Nc2ccccc2)c(-c2ccccc2)c2cc(Cl)ccc2c1=O. The van der Waals surface area contributed by atoms with Crippen LogP contribution in [0.5, 0.6) is 0 Å². The number of hydrogen-bond acceptors (Lipinski definition) is 3. The minimum absolute atomic E-state index is 0. The first-order valence-corrected chi connectivity index (χ1v) is 10.9. The van der Waals surface area contributed by atoms with Crippen LogP contribution in [0.1, 0.15) is 5.69 Å². The summed E-state index contributed by atoms with van der Waals surface area (Å²) in [6.07, 6.45) is 0. The lowest BCUT2D eigenvalue weighted by molar-refractivity contribution is 0.251. The standard InChI is InChI=1S/C24H20ClN3O2.C2H7N.ClH/c1-28-21(15-26-24(30)27-18-10-6-3-7-11-18)22(16-8-4-2-5-9-16)20-14-17(25)12-13-19(20)23(28)29;1-3-2;/h2-14H,15H2,1H3,(H2,26,27,30);3H,1-2H3;1H. The number of rotatable bonds is 4. The Hall–Kier alpha value is -3.32. The third-order valence-electron chi connectivity index (χ3n) is 4.99. The number of para-hydroxylation sites is 1. The summed E-state index contributed by atoms with van der Waals surface area (Å²) >= 11 is 6.25. The van der Waals surface area contributed by atoms with Gasteiger partial charge in [-0.25, -0.2) is 4.79 Å². The molecule has 6 nitrogen and oxygen atoms in total. The first-order valence-electron chi connectivity index (χ1n) is 10.5. The Morgan fingerprint density at radius 2 is 1.50 bits per heavy atom. The van der Waals surface area contributed by atoms with E-state index in [2.05, 4.69) is 16.0 Å². The molecule has 34 heavy (non-hydrogen) atoms.